The first-order chi connectivity index (χ1) is 15.5. The minimum atomic E-state index is -0.532. The summed E-state index contributed by atoms with van der Waals surface area (Å²) in [5.74, 6) is -1.07. The third kappa shape index (κ3) is 5.36. The number of nitrogens with zero attached hydrogens (tertiary/aromatic N) is 5. The lowest BCUT2D eigenvalue weighted by Gasteiger charge is -2.03. The van der Waals surface area contributed by atoms with Crippen molar-refractivity contribution < 1.29 is 14.4 Å². The van der Waals surface area contributed by atoms with Gasteiger partial charge in [0.1, 0.15) is 17.1 Å². The zero-order chi connectivity index (χ0) is 24.3. The van der Waals surface area contributed by atoms with E-state index >= 15 is 0 Å². The summed E-state index contributed by atoms with van der Waals surface area (Å²) in [6.45, 7) is 0.208. The highest BCUT2D eigenvalue weighted by Gasteiger charge is 2.19. The number of nitrogens with two attached hydrogens (primary N) is 2. The van der Waals surface area contributed by atoms with Crippen LogP contribution in [0.5, 0.6) is 0 Å². The molecule has 0 saturated carbocycles. The van der Waals surface area contributed by atoms with E-state index in [2.05, 4.69) is 26.1 Å². The van der Waals surface area contributed by atoms with Gasteiger partial charge in [0.25, 0.3) is 17.7 Å². The van der Waals surface area contributed by atoms with Gasteiger partial charge in [0.2, 0.25) is 0 Å². The predicted octanol–water partition coefficient (Wildman–Crippen LogP) is -0.365. The number of aryl methyl sites for hydroxylation is 3. The normalized spacial score (nSPS) is 10.6. The minimum absolute atomic E-state index is 0.0345. The van der Waals surface area contributed by atoms with Gasteiger partial charge < -0.3 is 32.0 Å². The molecule has 174 valence electrons. The smallest absolute Gasteiger partial charge is 0.275 e. The molecule has 0 aliphatic carbocycles. The Balaban J connectivity index is 1.67. The van der Waals surface area contributed by atoms with Crippen LogP contribution in [0.3, 0.4) is 0 Å². The minimum Gasteiger partial charge on any atom is -0.397 e. The summed E-state index contributed by atoms with van der Waals surface area (Å²) in [7, 11) is 4.80. The predicted molar refractivity (Wildman–Crippen MR) is 121 cm³/mol. The van der Waals surface area contributed by atoms with E-state index in [1.165, 1.54) is 27.6 Å². The Hall–Kier alpha value is -4.62. The number of nitrogens with one attached hydrogen (secondary N) is 4. The van der Waals surface area contributed by atoms with Crippen molar-refractivity contribution in [3.8, 4) is 0 Å². The van der Waals surface area contributed by atoms with Gasteiger partial charge in [-0.3, -0.25) is 29.2 Å². The van der Waals surface area contributed by atoms with E-state index < -0.39 is 17.7 Å². The fraction of sp³-hybridized carbons (Fsp3) is 0.263. The maximum Gasteiger partial charge on any atom is 0.275 e. The summed E-state index contributed by atoms with van der Waals surface area (Å²) < 4.78 is 4.21. The molecule has 3 heterocycles. The van der Waals surface area contributed by atoms with Crippen molar-refractivity contribution in [3.05, 3.63) is 41.5 Å². The highest BCUT2D eigenvalue weighted by Crippen LogP contribution is 2.15. The molecular weight excluding hydrogens is 430 g/mol. The number of aromatic nitrogens is 5. The first kappa shape index (κ1) is 23.1. The highest BCUT2D eigenvalue weighted by molar-refractivity contribution is 6.06. The molecule has 3 amide bonds. The van der Waals surface area contributed by atoms with Gasteiger partial charge >= 0.3 is 0 Å². The van der Waals surface area contributed by atoms with Crippen LogP contribution in [0.1, 0.15) is 37.9 Å². The van der Waals surface area contributed by atoms with Gasteiger partial charge in [-0.25, -0.2) is 0 Å². The van der Waals surface area contributed by atoms with Crippen molar-refractivity contribution in [2.45, 2.75) is 6.42 Å². The molecule has 0 unspecified atom stereocenters. The molecule has 3 aromatic heterocycles. The maximum absolute atomic E-state index is 12.7. The van der Waals surface area contributed by atoms with Crippen molar-refractivity contribution >= 4 is 40.9 Å². The van der Waals surface area contributed by atoms with Crippen LogP contribution in [-0.2, 0) is 21.1 Å². The monoisotopic (exact) mass is 455 g/mol. The highest BCUT2D eigenvalue weighted by atomic mass is 16.2. The number of anilines is 3. The number of nitrogen functional groups attached to an aromatic ring is 1. The molecule has 0 bridgehead atoms. The summed E-state index contributed by atoms with van der Waals surface area (Å²) in [4.78, 5) is 37.4. The van der Waals surface area contributed by atoms with Crippen LogP contribution >= 0.6 is 0 Å². The number of hydrogen-bond donors (Lipinski definition) is 6. The molecular formula is C19H25N11O3. The standard InChI is InChI=1S/C19H25N11O3/c1-28-9-10(20)6-11(28)18(32)24-16-8-13(30(3)27-16)19(33)25-15-7-12(29(2)26-15)17(31)23-5-4-14(21)22/h6-9H,4-5,20H2,1-3H3,(H3,21,22)(H,23,31)(H,24,27,32)(H,25,26,33). The van der Waals surface area contributed by atoms with E-state index in [0.717, 1.165) is 0 Å². The van der Waals surface area contributed by atoms with E-state index in [-0.39, 0.29) is 41.8 Å². The van der Waals surface area contributed by atoms with Gasteiger partial charge in [-0.05, 0) is 6.07 Å². The van der Waals surface area contributed by atoms with Crippen LogP contribution < -0.4 is 27.4 Å². The molecule has 0 atom stereocenters. The van der Waals surface area contributed by atoms with Gasteiger partial charge in [-0.2, -0.15) is 10.2 Å². The first-order valence-electron chi connectivity index (χ1n) is 9.79. The van der Waals surface area contributed by atoms with Gasteiger partial charge in [0.15, 0.2) is 11.6 Å². The molecule has 0 aliphatic heterocycles. The summed E-state index contributed by atoms with van der Waals surface area (Å²) in [6, 6.07) is 4.36. The van der Waals surface area contributed by atoms with Crippen LogP contribution in [0, 0.1) is 5.41 Å². The zero-order valence-corrected chi connectivity index (χ0v) is 18.3. The largest absolute Gasteiger partial charge is 0.397 e. The summed E-state index contributed by atoms with van der Waals surface area (Å²) in [5, 5.41) is 23.3. The van der Waals surface area contributed by atoms with Crippen LogP contribution in [0.15, 0.2) is 24.4 Å². The molecule has 3 rings (SSSR count). The zero-order valence-electron chi connectivity index (χ0n) is 18.3. The fourth-order valence-corrected chi connectivity index (χ4v) is 3.06. The maximum atomic E-state index is 12.7. The molecule has 8 N–H and O–H groups in total. The van der Waals surface area contributed by atoms with Crippen molar-refractivity contribution in [1.29, 1.82) is 5.41 Å². The molecule has 0 spiro atoms. The van der Waals surface area contributed by atoms with E-state index in [9.17, 15) is 14.4 Å². The molecule has 3 aromatic rings. The number of hydrogen-bond acceptors (Lipinski definition) is 7. The summed E-state index contributed by atoms with van der Waals surface area (Å²) >= 11 is 0. The Labute approximate surface area is 188 Å². The average Bonchev–Trinajstić information content (AvgIpc) is 3.37. The van der Waals surface area contributed by atoms with E-state index in [4.69, 9.17) is 16.9 Å². The molecule has 14 heteroatoms. The quantitative estimate of drug-likeness (QED) is 0.196. The second-order valence-corrected chi connectivity index (χ2v) is 7.29. The molecule has 0 saturated heterocycles. The molecule has 0 aliphatic rings. The molecule has 33 heavy (non-hydrogen) atoms. The topological polar surface area (TPSA) is 204 Å². The van der Waals surface area contributed by atoms with Crippen LogP contribution in [0.2, 0.25) is 0 Å². The molecule has 0 aromatic carbocycles. The number of amides is 3. The van der Waals surface area contributed by atoms with E-state index in [1.54, 1.807) is 31.9 Å². The second kappa shape index (κ2) is 9.25. The molecule has 14 nitrogen and oxygen atoms in total. The first-order valence-corrected chi connectivity index (χ1v) is 9.79. The average molecular weight is 455 g/mol. The van der Waals surface area contributed by atoms with Gasteiger partial charge in [0, 0.05) is 52.4 Å². The van der Waals surface area contributed by atoms with Gasteiger partial charge in [0.05, 0.1) is 11.5 Å². The number of rotatable bonds is 8. The van der Waals surface area contributed by atoms with Crippen molar-refractivity contribution in [2.75, 3.05) is 22.9 Å². The van der Waals surface area contributed by atoms with Crippen molar-refractivity contribution in [2.24, 2.45) is 26.9 Å². The number of carbonyl (C=O) groups excluding carboxylic acids is 3. The number of carbonyl (C=O) groups is 3. The summed E-state index contributed by atoms with van der Waals surface area (Å²) in [6.07, 6.45) is 1.83. The number of amidine groups is 1. The SMILES string of the molecule is Cn1cc(N)cc1C(=O)Nc1cc(C(=O)Nc2cc(C(=O)NCCC(=N)N)n(C)n2)n(C)n1. The third-order valence-electron chi connectivity index (χ3n) is 4.65. The Morgan fingerprint density at radius 2 is 1.42 bits per heavy atom. The lowest BCUT2D eigenvalue weighted by Crippen LogP contribution is -2.29. The van der Waals surface area contributed by atoms with E-state index in [0.29, 0.717) is 11.4 Å². The van der Waals surface area contributed by atoms with Gasteiger partial charge in [-0.15, -0.1) is 0 Å². The van der Waals surface area contributed by atoms with Crippen LogP contribution in [0.25, 0.3) is 0 Å². The molecule has 0 fully saturated rings. The third-order valence-corrected chi connectivity index (χ3v) is 4.65. The summed E-state index contributed by atoms with van der Waals surface area (Å²) in [5.41, 5.74) is 12.1. The second-order valence-electron chi connectivity index (χ2n) is 7.29. The fourth-order valence-electron chi connectivity index (χ4n) is 3.06. The van der Waals surface area contributed by atoms with Crippen molar-refractivity contribution in [1.82, 2.24) is 29.4 Å². The van der Waals surface area contributed by atoms with Crippen LogP contribution in [0.4, 0.5) is 17.3 Å². The Bertz CT molecular complexity index is 1230. The Kier molecular flexibility index (Phi) is 6.46. The molecule has 0 radical (unpaired) electrons. The van der Waals surface area contributed by atoms with Gasteiger partial charge in [-0.1, -0.05) is 0 Å². The Morgan fingerprint density at radius 3 is 1.91 bits per heavy atom. The van der Waals surface area contributed by atoms with Crippen molar-refractivity contribution in [3.63, 3.8) is 0 Å². The van der Waals surface area contributed by atoms with Crippen LogP contribution in [-0.4, -0.2) is 54.2 Å². The lowest BCUT2D eigenvalue weighted by atomic mass is 10.3. The lowest BCUT2D eigenvalue weighted by molar-refractivity contribution is 0.0943. The Morgan fingerprint density at radius 1 is 0.909 bits per heavy atom. The van der Waals surface area contributed by atoms with E-state index in [1.807, 2.05) is 0 Å².